The highest BCUT2D eigenvalue weighted by Gasteiger charge is 2.41. The molecule has 1 saturated carbocycles. The van der Waals surface area contributed by atoms with Gasteiger partial charge in [-0.3, -0.25) is 4.99 Å². The summed E-state index contributed by atoms with van der Waals surface area (Å²) in [5, 5.41) is 0. The molecule has 17 heavy (non-hydrogen) atoms. The molecular weight excluding hydrogens is 209 g/mol. The lowest BCUT2D eigenvalue weighted by molar-refractivity contribution is 0.141. The fourth-order valence-corrected chi connectivity index (χ4v) is 3.55. The fourth-order valence-electron chi connectivity index (χ4n) is 3.55. The Hall–Kier alpha value is -0.505. The molecule has 1 aliphatic carbocycles. The van der Waals surface area contributed by atoms with Gasteiger partial charge in [-0.1, -0.05) is 19.3 Å². The van der Waals surface area contributed by atoms with Gasteiger partial charge in [0.2, 0.25) is 0 Å². The van der Waals surface area contributed by atoms with E-state index >= 15 is 0 Å². The van der Waals surface area contributed by atoms with E-state index in [1.807, 2.05) is 7.05 Å². The molecule has 2 aliphatic rings. The summed E-state index contributed by atoms with van der Waals surface area (Å²) in [6.07, 6.45) is 8.00. The number of hydrogen-bond acceptors (Lipinski definition) is 2. The third kappa shape index (κ3) is 2.52. The van der Waals surface area contributed by atoms with Crippen molar-refractivity contribution >= 4 is 13.7 Å². The van der Waals surface area contributed by atoms with Gasteiger partial charge in [-0.2, -0.15) is 0 Å². The van der Waals surface area contributed by atoms with Crippen LogP contribution in [0.3, 0.4) is 0 Å². The Morgan fingerprint density at radius 2 is 2.12 bits per heavy atom. The van der Waals surface area contributed by atoms with Crippen molar-refractivity contribution in [1.82, 2.24) is 4.90 Å². The quantitative estimate of drug-likeness (QED) is 0.644. The molecule has 0 aromatic heterocycles. The predicted octanol–water partition coefficient (Wildman–Crippen LogP) is 1.51. The molecule has 3 unspecified atom stereocenters. The summed E-state index contributed by atoms with van der Waals surface area (Å²) in [7, 11) is 10.4. The lowest BCUT2D eigenvalue weighted by Gasteiger charge is -2.49. The average molecular weight is 233 g/mol. The van der Waals surface area contributed by atoms with Crippen LogP contribution in [0.5, 0.6) is 0 Å². The van der Waals surface area contributed by atoms with Crippen molar-refractivity contribution < 1.29 is 0 Å². The monoisotopic (exact) mass is 233 g/mol. The first-order valence-corrected chi connectivity index (χ1v) is 6.82. The first-order chi connectivity index (χ1) is 8.06. The van der Waals surface area contributed by atoms with Gasteiger partial charge >= 0.3 is 0 Å². The van der Waals surface area contributed by atoms with Gasteiger partial charge in [0.05, 0.1) is 13.7 Å². The maximum Gasteiger partial charge on any atom is 0.0985 e. The first kappa shape index (κ1) is 12.9. The highest BCUT2D eigenvalue weighted by molar-refractivity contribution is 6.15. The zero-order chi connectivity index (χ0) is 12.5. The van der Waals surface area contributed by atoms with Crippen LogP contribution in [-0.2, 0) is 0 Å². The van der Waals surface area contributed by atoms with E-state index in [-0.39, 0.29) is 0 Å². The lowest BCUT2D eigenvalue weighted by Crippen LogP contribution is -2.60. The van der Waals surface area contributed by atoms with E-state index < -0.39 is 5.44 Å². The molecule has 2 N–H and O–H groups in total. The number of fused-ring (bicyclic) bond motifs is 1. The Balaban J connectivity index is 2.21. The fraction of sp³-hybridized carbons (Fsp3) is 0.923. The molecule has 3 nitrogen and oxygen atoms in total. The molecule has 1 aliphatic heterocycles. The molecule has 2 fully saturated rings. The first-order valence-electron chi connectivity index (χ1n) is 6.82. The Morgan fingerprint density at radius 1 is 1.35 bits per heavy atom. The topological polar surface area (TPSA) is 41.6 Å². The molecule has 0 aromatic rings. The van der Waals surface area contributed by atoms with Gasteiger partial charge in [0.25, 0.3) is 0 Å². The Kier molecular flexibility index (Phi) is 3.81. The number of amidine groups is 1. The Labute approximate surface area is 106 Å². The molecule has 2 radical (unpaired) electrons. The lowest BCUT2D eigenvalue weighted by atomic mass is 9.59. The molecule has 0 aromatic carbocycles. The second-order valence-electron chi connectivity index (χ2n) is 5.67. The zero-order valence-corrected chi connectivity index (χ0v) is 11.2. The molecule has 0 amide bonds. The molecular formula is C13H24BN3. The SMILES string of the molecule is [B]C1(N)CCCCCC2C1CCC(=NC)N2C. The Bertz CT molecular complexity index is 301. The minimum Gasteiger partial charge on any atom is -0.360 e. The van der Waals surface area contributed by atoms with Crippen molar-refractivity contribution in [2.75, 3.05) is 14.1 Å². The normalized spacial score (nSPS) is 41.8. The average Bonchev–Trinajstić information content (AvgIpc) is 2.28. The van der Waals surface area contributed by atoms with Crippen LogP contribution in [0.15, 0.2) is 4.99 Å². The minimum absolute atomic E-state index is 0.415. The van der Waals surface area contributed by atoms with Crippen LogP contribution in [0.25, 0.3) is 0 Å². The minimum atomic E-state index is -0.487. The van der Waals surface area contributed by atoms with Crippen LogP contribution < -0.4 is 5.73 Å². The second kappa shape index (κ2) is 5.01. The summed E-state index contributed by atoms with van der Waals surface area (Å²) in [4.78, 5) is 6.71. The van der Waals surface area contributed by atoms with Crippen LogP contribution in [0.4, 0.5) is 0 Å². The smallest absolute Gasteiger partial charge is 0.0985 e. The van der Waals surface area contributed by atoms with E-state index in [1.54, 1.807) is 0 Å². The van der Waals surface area contributed by atoms with E-state index in [0.717, 1.165) is 19.3 Å². The van der Waals surface area contributed by atoms with Crippen molar-refractivity contribution in [3.05, 3.63) is 0 Å². The van der Waals surface area contributed by atoms with Gasteiger partial charge in [-0.25, -0.2) is 0 Å². The van der Waals surface area contributed by atoms with Crippen molar-refractivity contribution in [2.45, 2.75) is 56.4 Å². The molecule has 3 atom stereocenters. The van der Waals surface area contributed by atoms with Crippen molar-refractivity contribution in [3.8, 4) is 0 Å². The number of piperidine rings is 1. The van der Waals surface area contributed by atoms with Crippen LogP contribution >= 0.6 is 0 Å². The standard InChI is InChI=1S/C13H24BN3/c1-16-12-8-7-10-11(17(12)2)6-4-3-5-9-13(10,14)15/h10-11H,3-9,15H2,1-2H3. The number of hydrogen-bond donors (Lipinski definition) is 1. The zero-order valence-electron chi connectivity index (χ0n) is 11.2. The highest BCUT2D eigenvalue weighted by Crippen LogP contribution is 2.37. The molecule has 1 heterocycles. The molecule has 1 saturated heterocycles. The summed E-state index contributed by atoms with van der Waals surface area (Å²) in [6.45, 7) is 0. The van der Waals surface area contributed by atoms with Crippen molar-refractivity contribution in [2.24, 2.45) is 16.6 Å². The molecule has 94 valence electrons. The molecule has 2 rings (SSSR count). The van der Waals surface area contributed by atoms with Crippen molar-refractivity contribution in [3.63, 3.8) is 0 Å². The van der Waals surface area contributed by atoms with E-state index in [4.69, 9.17) is 13.6 Å². The van der Waals surface area contributed by atoms with Gasteiger partial charge in [0.15, 0.2) is 0 Å². The third-order valence-corrected chi connectivity index (χ3v) is 4.61. The molecule has 0 bridgehead atoms. The van der Waals surface area contributed by atoms with E-state index in [1.165, 1.54) is 31.5 Å². The summed E-state index contributed by atoms with van der Waals surface area (Å²) in [5.41, 5.74) is 5.87. The largest absolute Gasteiger partial charge is 0.360 e. The number of likely N-dealkylation sites (tertiary alicyclic amines) is 1. The van der Waals surface area contributed by atoms with Crippen molar-refractivity contribution in [1.29, 1.82) is 0 Å². The second-order valence-corrected chi connectivity index (χ2v) is 5.67. The number of aliphatic imine (C=N–C) groups is 1. The summed E-state index contributed by atoms with van der Waals surface area (Å²) in [5.74, 6) is 1.63. The third-order valence-electron chi connectivity index (χ3n) is 4.61. The van der Waals surface area contributed by atoms with E-state index in [9.17, 15) is 0 Å². The summed E-state index contributed by atoms with van der Waals surface area (Å²) in [6, 6.07) is 0.484. The van der Waals surface area contributed by atoms with Gasteiger partial charge in [-0.05, 0) is 30.6 Å². The summed E-state index contributed by atoms with van der Waals surface area (Å²) < 4.78 is 0. The maximum absolute atomic E-state index is 6.36. The highest BCUT2D eigenvalue weighted by atomic mass is 15.2. The van der Waals surface area contributed by atoms with Crippen LogP contribution in [-0.4, -0.2) is 44.2 Å². The van der Waals surface area contributed by atoms with Gasteiger partial charge < -0.3 is 10.6 Å². The van der Waals surface area contributed by atoms with E-state index in [2.05, 4.69) is 16.9 Å². The van der Waals surface area contributed by atoms with Crippen LogP contribution in [0.1, 0.15) is 44.9 Å². The number of rotatable bonds is 0. The number of nitrogens with two attached hydrogens (primary N) is 1. The summed E-state index contributed by atoms with van der Waals surface area (Å²) >= 11 is 0. The maximum atomic E-state index is 6.36. The number of nitrogens with zero attached hydrogens (tertiary/aromatic N) is 2. The van der Waals surface area contributed by atoms with Gasteiger partial charge in [-0.15, -0.1) is 0 Å². The molecule has 0 spiro atoms. The van der Waals surface area contributed by atoms with Crippen LogP contribution in [0, 0.1) is 5.92 Å². The van der Waals surface area contributed by atoms with E-state index in [0.29, 0.717) is 12.0 Å². The van der Waals surface area contributed by atoms with Gasteiger partial charge in [0, 0.05) is 26.6 Å². The van der Waals surface area contributed by atoms with Crippen LogP contribution in [0.2, 0.25) is 0 Å². The molecule has 4 heteroatoms. The van der Waals surface area contributed by atoms with Gasteiger partial charge in [0.1, 0.15) is 0 Å². The Morgan fingerprint density at radius 3 is 2.82 bits per heavy atom. The predicted molar refractivity (Wildman–Crippen MR) is 73.4 cm³/mol.